The van der Waals surface area contributed by atoms with E-state index < -0.39 is 6.04 Å². The third-order valence-corrected chi connectivity index (χ3v) is 5.70. The number of benzene rings is 1. The van der Waals surface area contributed by atoms with Crippen LogP contribution >= 0.6 is 11.6 Å². The van der Waals surface area contributed by atoms with E-state index in [1.165, 1.54) is 27.1 Å². The van der Waals surface area contributed by atoms with Crippen molar-refractivity contribution < 1.29 is 19.1 Å². The number of likely N-dealkylation sites (tertiary alicyclic amines) is 2. The fourth-order valence-electron chi connectivity index (χ4n) is 3.94. The summed E-state index contributed by atoms with van der Waals surface area (Å²) in [7, 11) is 2.90. The van der Waals surface area contributed by atoms with Crippen LogP contribution in [0.3, 0.4) is 0 Å². The number of carbonyl (C=O) groups is 2. The largest absolute Gasteiger partial charge is 0.497 e. The molecule has 0 saturated carbocycles. The van der Waals surface area contributed by atoms with Crippen LogP contribution in [-0.4, -0.2) is 67.6 Å². The van der Waals surface area contributed by atoms with Crippen LogP contribution in [0.4, 0.5) is 0 Å². The summed E-state index contributed by atoms with van der Waals surface area (Å²) in [5.41, 5.74) is 0.347. The van der Waals surface area contributed by atoms with Gasteiger partial charge in [0.05, 0.1) is 24.8 Å². The Morgan fingerprint density at radius 1 is 1.15 bits per heavy atom. The molecule has 26 heavy (non-hydrogen) atoms. The zero-order valence-electron chi connectivity index (χ0n) is 15.2. The maximum absolute atomic E-state index is 13.1. The molecular weight excluding hydrogens is 356 g/mol. The van der Waals surface area contributed by atoms with Crippen LogP contribution in [0.15, 0.2) is 18.2 Å². The number of piperidine rings is 1. The van der Waals surface area contributed by atoms with Gasteiger partial charge in [-0.2, -0.15) is 0 Å². The SMILES string of the molecule is COC(=O)C1CC(N2CCCC2)CCN1C(=O)c1cc(OC)ccc1Cl. The van der Waals surface area contributed by atoms with Gasteiger partial charge in [-0.05, 0) is 57.0 Å². The second-order valence-electron chi connectivity index (χ2n) is 6.80. The van der Waals surface area contributed by atoms with Crippen molar-refractivity contribution in [3.63, 3.8) is 0 Å². The summed E-state index contributed by atoms with van der Waals surface area (Å²) >= 11 is 6.23. The lowest BCUT2D eigenvalue weighted by atomic mass is 9.95. The van der Waals surface area contributed by atoms with Crippen LogP contribution in [0.25, 0.3) is 0 Å². The van der Waals surface area contributed by atoms with Gasteiger partial charge in [-0.3, -0.25) is 4.79 Å². The van der Waals surface area contributed by atoms with E-state index in [9.17, 15) is 9.59 Å². The lowest BCUT2D eigenvalue weighted by Gasteiger charge is -2.41. The number of methoxy groups -OCH3 is 2. The highest BCUT2D eigenvalue weighted by Gasteiger charge is 2.40. The van der Waals surface area contributed by atoms with Gasteiger partial charge in [0, 0.05) is 12.6 Å². The van der Waals surface area contributed by atoms with Crippen molar-refractivity contribution in [2.45, 2.75) is 37.8 Å². The van der Waals surface area contributed by atoms with Crippen molar-refractivity contribution in [3.8, 4) is 5.75 Å². The molecule has 0 aliphatic carbocycles. The van der Waals surface area contributed by atoms with Gasteiger partial charge < -0.3 is 19.3 Å². The minimum Gasteiger partial charge on any atom is -0.497 e. The molecule has 0 bridgehead atoms. The highest BCUT2D eigenvalue weighted by Crippen LogP contribution is 2.29. The van der Waals surface area contributed by atoms with Crippen molar-refractivity contribution >= 4 is 23.5 Å². The Kier molecular flexibility index (Phi) is 6.04. The molecule has 2 unspecified atom stereocenters. The number of halogens is 1. The molecule has 0 radical (unpaired) electrons. The second-order valence-corrected chi connectivity index (χ2v) is 7.21. The van der Waals surface area contributed by atoms with E-state index >= 15 is 0 Å². The highest BCUT2D eigenvalue weighted by atomic mass is 35.5. The first-order chi connectivity index (χ1) is 12.5. The monoisotopic (exact) mass is 380 g/mol. The zero-order chi connectivity index (χ0) is 18.7. The number of nitrogens with zero attached hydrogens (tertiary/aromatic N) is 2. The Morgan fingerprint density at radius 3 is 2.54 bits per heavy atom. The summed E-state index contributed by atoms with van der Waals surface area (Å²) < 4.78 is 10.2. The predicted octanol–water partition coefficient (Wildman–Crippen LogP) is 2.59. The maximum Gasteiger partial charge on any atom is 0.328 e. The Hall–Kier alpha value is -1.79. The van der Waals surface area contributed by atoms with E-state index in [4.69, 9.17) is 21.1 Å². The summed E-state index contributed by atoms with van der Waals surface area (Å²) in [6.07, 6.45) is 3.84. The molecule has 2 heterocycles. The highest BCUT2D eigenvalue weighted by molar-refractivity contribution is 6.34. The first-order valence-corrected chi connectivity index (χ1v) is 9.39. The van der Waals surface area contributed by atoms with Gasteiger partial charge in [-0.1, -0.05) is 11.6 Å². The van der Waals surface area contributed by atoms with Gasteiger partial charge in [0.25, 0.3) is 5.91 Å². The van der Waals surface area contributed by atoms with E-state index in [-0.39, 0.29) is 11.9 Å². The molecule has 2 aliphatic rings. The fraction of sp³-hybridized carbons (Fsp3) is 0.579. The van der Waals surface area contributed by atoms with Crippen LogP contribution in [0.2, 0.25) is 5.02 Å². The summed E-state index contributed by atoms with van der Waals surface area (Å²) in [6, 6.07) is 4.68. The van der Waals surface area contributed by atoms with Crippen LogP contribution in [0, 0.1) is 0 Å². The number of ether oxygens (including phenoxy) is 2. The molecular formula is C19H25ClN2O4. The Balaban J connectivity index is 1.83. The molecule has 1 amide bonds. The number of amides is 1. The van der Waals surface area contributed by atoms with Crippen molar-refractivity contribution in [1.82, 2.24) is 9.80 Å². The molecule has 2 fully saturated rings. The molecule has 0 spiro atoms. The van der Waals surface area contributed by atoms with Crippen LogP contribution in [-0.2, 0) is 9.53 Å². The smallest absolute Gasteiger partial charge is 0.328 e. The van der Waals surface area contributed by atoms with E-state index in [2.05, 4.69) is 4.90 Å². The van der Waals surface area contributed by atoms with Crippen molar-refractivity contribution in [2.75, 3.05) is 33.9 Å². The summed E-state index contributed by atoms with van der Waals surface area (Å²) in [4.78, 5) is 29.5. The summed E-state index contributed by atoms with van der Waals surface area (Å²) in [5, 5.41) is 0.348. The van der Waals surface area contributed by atoms with Crippen molar-refractivity contribution in [3.05, 3.63) is 28.8 Å². The topological polar surface area (TPSA) is 59.1 Å². The minimum absolute atomic E-state index is 0.260. The van der Waals surface area contributed by atoms with E-state index in [0.717, 1.165) is 19.5 Å². The molecule has 142 valence electrons. The maximum atomic E-state index is 13.1. The Morgan fingerprint density at radius 2 is 1.88 bits per heavy atom. The molecule has 6 nitrogen and oxygen atoms in total. The number of esters is 1. The standard InChI is InChI=1S/C19H25ClN2O4/c1-25-14-5-6-16(20)15(12-14)18(23)22-10-7-13(21-8-3-4-9-21)11-17(22)19(24)26-2/h5-6,12-13,17H,3-4,7-11H2,1-2H3. The molecule has 2 aliphatic heterocycles. The Labute approximate surface area is 159 Å². The summed E-state index contributed by atoms with van der Waals surface area (Å²) in [6.45, 7) is 2.63. The Bertz CT molecular complexity index is 676. The third kappa shape index (κ3) is 3.81. The molecule has 2 atom stereocenters. The molecule has 0 aromatic heterocycles. The third-order valence-electron chi connectivity index (χ3n) is 5.37. The quantitative estimate of drug-likeness (QED) is 0.751. The van der Waals surface area contributed by atoms with Gasteiger partial charge in [0.15, 0.2) is 0 Å². The van der Waals surface area contributed by atoms with Gasteiger partial charge in [-0.25, -0.2) is 4.79 Å². The molecule has 1 aromatic rings. The zero-order valence-corrected chi connectivity index (χ0v) is 16.0. The lowest BCUT2D eigenvalue weighted by Crippen LogP contribution is -2.54. The minimum atomic E-state index is -0.589. The van der Waals surface area contributed by atoms with Gasteiger partial charge in [0.2, 0.25) is 0 Å². The molecule has 7 heteroatoms. The van der Waals surface area contributed by atoms with Crippen molar-refractivity contribution in [1.29, 1.82) is 0 Å². The lowest BCUT2D eigenvalue weighted by molar-refractivity contribution is -0.148. The average Bonchev–Trinajstić information content (AvgIpc) is 3.21. The number of carbonyl (C=O) groups excluding carboxylic acids is 2. The van der Waals surface area contributed by atoms with Crippen molar-refractivity contribution in [2.24, 2.45) is 0 Å². The van der Waals surface area contributed by atoms with Crippen LogP contribution in [0.5, 0.6) is 5.75 Å². The van der Waals surface area contributed by atoms with E-state index in [1.54, 1.807) is 23.1 Å². The van der Waals surface area contributed by atoms with Gasteiger partial charge in [-0.15, -0.1) is 0 Å². The number of hydrogen-bond acceptors (Lipinski definition) is 5. The first kappa shape index (κ1) is 19.0. The first-order valence-electron chi connectivity index (χ1n) is 9.01. The molecule has 0 N–H and O–H groups in total. The van der Waals surface area contributed by atoms with Gasteiger partial charge >= 0.3 is 5.97 Å². The average molecular weight is 381 g/mol. The number of hydrogen-bond donors (Lipinski definition) is 0. The van der Waals surface area contributed by atoms with E-state index in [1.807, 2.05) is 0 Å². The molecule has 1 aromatic carbocycles. The van der Waals surface area contributed by atoms with Gasteiger partial charge in [0.1, 0.15) is 11.8 Å². The van der Waals surface area contributed by atoms with Crippen LogP contribution < -0.4 is 4.74 Å². The fourth-order valence-corrected chi connectivity index (χ4v) is 4.14. The molecule has 3 rings (SSSR count). The second kappa shape index (κ2) is 8.27. The number of rotatable bonds is 4. The van der Waals surface area contributed by atoms with E-state index in [0.29, 0.717) is 35.3 Å². The normalized spacial score (nSPS) is 23.7. The predicted molar refractivity (Wildman–Crippen MR) is 98.7 cm³/mol. The molecule has 2 saturated heterocycles. The van der Waals surface area contributed by atoms with Crippen LogP contribution in [0.1, 0.15) is 36.0 Å². The summed E-state index contributed by atoms with van der Waals surface area (Å²) in [5.74, 6) is -0.0789.